The van der Waals surface area contributed by atoms with E-state index in [9.17, 15) is 4.79 Å². The molecule has 1 saturated heterocycles. The second kappa shape index (κ2) is 8.43. The summed E-state index contributed by atoms with van der Waals surface area (Å²) >= 11 is 1.47. The lowest BCUT2D eigenvalue weighted by atomic mass is 10.2. The first kappa shape index (κ1) is 16.4. The van der Waals surface area contributed by atoms with E-state index in [2.05, 4.69) is 16.9 Å². The average molecular weight is 313 g/mol. The van der Waals surface area contributed by atoms with Crippen LogP contribution in [0.25, 0.3) is 0 Å². The van der Waals surface area contributed by atoms with Crippen molar-refractivity contribution in [2.45, 2.75) is 19.4 Å². The number of nitrogens with zero attached hydrogens (tertiary/aromatic N) is 3. The summed E-state index contributed by atoms with van der Waals surface area (Å²) in [6.07, 6.45) is 2.12. The molecule has 0 saturated carbocycles. The third-order valence-corrected chi connectivity index (χ3v) is 4.14. The van der Waals surface area contributed by atoms with Gasteiger partial charge in [-0.25, -0.2) is 4.98 Å². The Hall–Kier alpha value is -1.02. The van der Waals surface area contributed by atoms with Crippen molar-refractivity contribution in [3.63, 3.8) is 0 Å². The molecule has 2 heterocycles. The molecule has 2 rings (SSSR count). The van der Waals surface area contributed by atoms with Crippen LogP contribution >= 0.6 is 11.3 Å². The molecule has 1 amide bonds. The summed E-state index contributed by atoms with van der Waals surface area (Å²) in [6, 6.07) is 0. The normalized spacial score (nSPS) is 19.6. The summed E-state index contributed by atoms with van der Waals surface area (Å²) in [5, 5.41) is 2.61. The highest BCUT2D eigenvalue weighted by molar-refractivity contribution is 7.13. The first-order valence-corrected chi connectivity index (χ1v) is 8.16. The molecule has 21 heavy (non-hydrogen) atoms. The molecule has 1 atom stereocenters. The van der Waals surface area contributed by atoms with Crippen LogP contribution in [0.3, 0.4) is 0 Å². The third-order valence-electron chi connectivity index (χ3n) is 3.34. The number of carbonyl (C=O) groups is 1. The monoisotopic (exact) mass is 313 g/mol. The molecular weight excluding hydrogens is 290 g/mol. The zero-order chi connectivity index (χ0) is 15.1. The Balaban J connectivity index is 1.97. The summed E-state index contributed by atoms with van der Waals surface area (Å²) in [7, 11) is 2.07. The summed E-state index contributed by atoms with van der Waals surface area (Å²) in [4.78, 5) is 20.6. The van der Waals surface area contributed by atoms with Crippen LogP contribution in [0.4, 0.5) is 5.13 Å². The number of morpholine rings is 1. The van der Waals surface area contributed by atoms with E-state index in [0.29, 0.717) is 32.8 Å². The average Bonchev–Trinajstić information content (AvgIpc) is 2.99. The van der Waals surface area contributed by atoms with E-state index < -0.39 is 0 Å². The van der Waals surface area contributed by atoms with Gasteiger partial charge < -0.3 is 14.4 Å². The van der Waals surface area contributed by atoms with Crippen molar-refractivity contribution in [2.24, 2.45) is 0 Å². The van der Waals surface area contributed by atoms with Gasteiger partial charge in [0.25, 0.3) is 0 Å². The van der Waals surface area contributed by atoms with Gasteiger partial charge in [-0.1, -0.05) is 0 Å². The van der Waals surface area contributed by atoms with Gasteiger partial charge in [-0.15, -0.1) is 11.3 Å². The van der Waals surface area contributed by atoms with Crippen molar-refractivity contribution in [3.8, 4) is 0 Å². The highest BCUT2D eigenvalue weighted by atomic mass is 32.1. The summed E-state index contributed by atoms with van der Waals surface area (Å²) in [5.74, 6) is 0.0372. The summed E-state index contributed by atoms with van der Waals surface area (Å²) in [5.41, 5.74) is 0. The number of likely N-dealkylation sites (N-methyl/N-ethyl adjacent to an activating group) is 1. The second-order valence-corrected chi connectivity index (χ2v) is 5.89. The van der Waals surface area contributed by atoms with Crippen LogP contribution in [-0.2, 0) is 14.3 Å². The minimum Gasteiger partial charge on any atom is -0.381 e. The molecule has 1 aliphatic rings. The third kappa shape index (κ3) is 5.03. The van der Waals surface area contributed by atoms with E-state index in [1.807, 2.05) is 12.3 Å². The Morgan fingerprint density at radius 2 is 2.52 bits per heavy atom. The quantitative estimate of drug-likeness (QED) is 0.709. The van der Waals surface area contributed by atoms with Crippen LogP contribution in [-0.4, -0.2) is 68.4 Å². The van der Waals surface area contributed by atoms with Gasteiger partial charge in [0.05, 0.1) is 32.3 Å². The van der Waals surface area contributed by atoms with Crippen LogP contribution in [0, 0.1) is 0 Å². The van der Waals surface area contributed by atoms with Crippen LogP contribution in [0.15, 0.2) is 11.6 Å². The Labute approximate surface area is 129 Å². The molecule has 1 unspecified atom stereocenters. The summed E-state index contributed by atoms with van der Waals surface area (Å²) in [6.45, 7) is 6.02. The summed E-state index contributed by atoms with van der Waals surface area (Å²) < 4.78 is 11.0. The lowest BCUT2D eigenvalue weighted by Crippen LogP contribution is -2.47. The first-order valence-electron chi connectivity index (χ1n) is 7.28. The predicted molar refractivity (Wildman–Crippen MR) is 82.8 cm³/mol. The molecule has 1 fully saturated rings. The lowest BCUT2D eigenvalue weighted by Gasteiger charge is -2.33. The molecule has 6 nitrogen and oxygen atoms in total. The molecule has 0 aromatic carbocycles. The van der Waals surface area contributed by atoms with Crippen LogP contribution in [0.2, 0.25) is 0 Å². The Morgan fingerprint density at radius 1 is 1.67 bits per heavy atom. The van der Waals surface area contributed by atoms with Crippen molar-refractivity contribution in [1.82, 2.24) is 9.88 Å². The van der Waals surface area contributed by atoms with Gasteiger partial charge in [-0.2, -0.15) is 0 Å². The fourth-order valence-corrected chi connectivity index (χ4v) is 2.92. The van der Waals surface area contributed by atoms with Gasteiger partial charge in [0, 0.05) is 31.3 Å². The second-order valence-electron chi connectivity index (χ2n) is 5.02. The predicted octanol–water partition coefficient (Wildman–Crippen LogP) is 1.23. The zero-order valence-corrected chi connectivity index (χ0v) is 13.5. The maximum Gasteiger partial charge on any atom is 0.231 e. The van der Waals surface area contributed by atoms with Crippen molar-refractivity contribution >= 4 is 22.4 Å². The van der Waals surface area contributed by atoms with Crippen LogP contribution < -0.4 is 4.90 Å². The number of hydrogen-bond donors (Lipinski definition) is 0. The molecule has 1 aliphatic heterocycles. The highest BCUT2D eigenvalue weighted by Crippen LogP contribution is 2.20. The van der Waals surface area contributed by atoms with Crippen LogP contribution in [0.1, 0.15) is 13.3 Å². The molecule has 0 spiro atoms. The number of hydrogen-bond acceptors (Lipinski definition) is 6. The van der Waals surface area contributed by atoms with E-state index in [4.69, 9.17) is 9.47 Å². The van der Waals surface area contributed by atoms with E-state index >= 15 is 0 Å². The number of carbonyl (C=O) groups excluding carboxylic acids is 1. The number of thiazole rings is 1. The minimum absolute atomic E-state index is 0.0312. The molecule has 7 heteroatoms. The smallest absolute Gasteiger partial charge is 0.231 e. The van der Waals surface area contributed by atoms with Gasteiger partial charge in [-0.05, 0) is 14.0 Å². The molecule has 1 aromatic rings. The molecular formula is C14H23N3O3S. The Bertz CT molecular complexity index is 427. The van der Waals surface area contributed by atoms with E-state index in [-0.39, 0.29) is 12.0 Å². The topological polar surface area (TPSA) is 54.9 Å². The molecule has 1 aromatic heterocycles. The van der Waals surface area contributed by atoms with Gasteiger partial charge >= 0.3 is 0 Å². The van der Waals surface area contributed by atoms with Gasteiger partial charge in [0.1, 0.15) is 0 Å². The number of rotatable bonds is 7. The first-order chi connectivity index (χ1) is 10.2. The van der Waals surface area contributed by atoms with Crippen molar-refractivity contribution in [1.29, 1.82) is 0 Å². The Kier molecular flexibility index (Phi) is 6.56. The zero-order valence-electron chi connectivity index (χ0n) is 12.7. The van der Waals surface area contributed by atoms with Crippen molar-refractivity contribution < 1.29 is 14.3 Å². The molecule has 0 radical (unpaired) electrons. The van der Waals surface area contributed by atoms with Gasteiger partial charge in [-0.3, -0.25) is 9.69 Å². The molecule has 0 bridgehead atoms. The standard InChI is InChI=1S/C14H23N3O3S/c1-3-19-7-4-13(18)17(14-15-5-9-21-14)11-12-10-16(2)6-8-20-12/h5,9,12H,3-4,6-8,10-11H2,1-2H3. The van der Waals surface area contributed by atoms with Crippen LogP contribution in [0.5, 0.6) is 0 Å². The maximum absolute atomic E-state index is 12.4. The molecule has 118 valence electrons. The van der Waals surface area contributed by atoms with E-state index in [1.54, 1.807) is 11.1 Å². The fraction of sp³-hybridized carbons (Fsp3) is 0.714. The minimum atomic E-state index is 0.0312. The SMILES string of the molecule is CCOCCC(=O)N(CC1CN(C)CCO1)c1nccs1. The van der Waals surface area contributed by atoms with E-state index in [1.165, 1.54) is 11.3 Å². The van der Waals surface area contributed by atoms with Gasteiger partial charge in [0.15, 0.2) is 5.13 Å². The molecule has 0 N–H and O–H groups in total. The lowest BCUT2D eigenvalue weighted by molar-refractivity contribution is -0.120. The number of anilines is 1. The molecule has 0 aliphatic carbocycles. The highest BCUT2D eigenvalue weighted by Gasteiger charge is 2.25. The largest absolute Gasteiger partial charge is 0.381 e. The van der Waals surface area contributed by atoms with E-state index in [0.717, 1.165) is 18.2 Å². The number of ether oxygens (including phenoxy) is 2. The number of aromatic nitrogens is 1. The number of amides is 1. The maximum atomic E-state index is 12.4. The van der Waals surface area contributed by atoms with Gasteiger partial charge in [0.2, 0.25) is 5.91 Å². The van der Waals surface area contributed by atoms with Crippen molar-refractivity contribution in [2.75, 3.05) is 51.4 Å². The fourth-order valence-electron chi connectivity index (χ4n) is 2.26. The Morgan fingerprint density at radius 3 is 3.19 bits per heavy atom. The van der Waals surface area contributed by atoms with Crippen molar-refractivity contribution in [3.05, 3.63) is 11.6 Å².